The van der Waals surface area contributed by atoms with E-state index in [9.17, 15) is 18.0 Å². The summed E-state index contributed by atoms with van der Waals surface area (Å²) in [5.41, 5.74) is -0.240. The number of amidine groups is 1. The van der Waals surface area contributed by atoms with Crippen LogP contribution in [0.3, 0.4) is 0 Å². The predicted molar refractivity (Wildman–Crippen MR) is 108 cm³/mol. The Morgan fingerprint density at radius 3 is 2.39 bits per heavy atom. The molecule has 1 aromatic carbocycles. The van der Waals surface area contributed by atoms with Crippen LogP contribution < -0.4 is 4.90 Å². The molecule has 0 spiro atoms. The zero-order valence-corrected chi connectivity index (χ0v) is 17.0. The second-order valence-electron chi connectivity index (χ2n) is 7.21. The number of thioether (sulfide) groups is 1. The van der Waals surface area contributed by atoms with Crippen molar-refractivity contribution in [1.82, 2.24) is 4.90 Å². The summed E-state index contributed by atoms with van der Waals surface area (Å²) in [6.45, 7) is 4.15. The maximum atomic E-state index is 12.9. The Morgan fingerprint density at radius 2 is 1.86 bits per heavy atom. The van der Waals surface area contributed by atoms with Gasteiger partial charge in [-0.1, -0.05) is 31.0 Å². The van der Waals surface area contributed by atoms with Crippen molar-refractivity contribution in [2.24, 2.45) is 4.99 Å². The SMILES string of the molecule is CCN1C(=NC2CCCCC2)SCC1N(C(C)=O)c1ccc(C(F)(F)F)cc1. The third-order valence-corrected chi connectivity index (χ3v) is 6.35. The van der Waals surface area contributed by atoms with E-state index < -0.39 is 11.7 Å². The van der Waals surface area contributed by atoms with Gasteiger partial charge in [-0.25, -0.2) is 0 Å². The number of carbonyl (C=O) groups excluding carboxylic acids is 1. The van der Waals surface area contributed by atoms with Gasteiger partial charge >= 0.3 is 6.18 Å². The van der Waals surface area contributed by atoms with Crippen LogP contribution in [0.1, 0.15) is 51.5 Å². The monoisotopic (exact) mass is 413 g/mol. The molecule has 2 aliphatic rings. The molecule has 1 aliphatic carbocycles. The van der Waals surface area contributed by atoms with Gasteiger partial charge in [0.1, 0.15) is 6.17 Å². The molecule has 28 heavy (non-hydrogen) atoms. The molecule has 1 unspecified atom stereocenters. The van der Waals surface area contributed by atoms with Crippen LogP contribution in [0.5, 0.6) is 0 Å². The number of halogens is 3. The Labute approximate surface area is 168 Å². The van der Waals surface area contributed by atoms with Crippen LogP contribution in [0, 0.1) is 0 Å². The van der Waals surface area contributed by atoms with Crippen molar-refractivity contribution in [3.63, 3.8) is 0 Å². The minimum atomic E-state index is -4.39. The highest BCUT2D eigenvalue weighted by atomic mass is 32.2. The van der Waals surface area contributed by atoms with Gasteiger partial charge in [-0.05, 0) is 44.0 Å². The number of aliphatic imine (C=N–C) groups is 1. The van der Waals surface area contributed by atoms with E-state index in [0.717, 1.165) is 30.1 Å². The van der Waals surface area contributed by atoms with E-state index in [1.807, 2.05) is 6.92 Å². The van der Waals surface area contributed by atoms with Crippen LogP contribution >= 0.6 is 11.8 Å². The molecule has 1 saturated carbocycles. The molecule has 2 fully saturated rings. The van der Waals surface area contributed by atoms with Crippen molar-refractivity contribution in [3.8, 4) is 0 Å². The van der Waals surface area contributed by atoms with Crippen molar-refractivity contribution in [2.45, 2.75) is 64.3 Å². The number of benzene rings is 1. The number of amides is 1. The van der Waals surface area contributed by atoms with E-state index in [1.165, 1.54) is 38.3 Å². The standard InChI is InChI=1S/C20H26F3N3OS/c1-3-25-18(13-28-19(25)24-16-7-5-4-6-8-16)26(14(2)27)17-11-9-15(10-12-17)20(21,22)23/h9-12,16,18H,3-8,13H2,1-2H3. The molecule has 4 nitrogen and oxygen atoms in total. The Morgan fingerprint density at radius 1 is 1.21 bits per heavy atom. The summed E-state index contributed by atoms with van der Waals surface area (Å²) in [4.78, 5) is 21.0. The maximum Gasteiger partial charge on any atom is 0.416 e. The van der Waals surface area contributed by atoms with E-state index in [2.05, 4.69) is 4.90 Å². The van der Waals surface area contributed by atoms with Gasteiger partial charge in [0.25, 0.3) is 0 Å². The average molecular weight is 414 g/mol. The van der Waals surface area contributed by atoms with Crippen LogP contribution in [0.4, 0.5) is 18.9 Å². The summed E-state index contributed by atoms with van der Waals surface area (Å²) in [5.74, 6) is 0.461. The van der Waals surface area contributed by atoms with Crippen molar-refractivity contribution >= 4 is 28.5 Å². The van der Waals surface area contributed by atoms with Crippen LogP contribution in [-0.4, -0.2) is 40.5 Å². The summed E-state index contributed by atoms with van der Waals surface area (Å²) in [6, 6.07) is 5.14. The van der Waals surface area contributed by atoms with Gasteiger partial charge in [0.15, 0.2) is 5.17 Å². The number of carbonyl (C=O) groups is 1. The summed E-state index contributed by atoms with van der Waals surface area (Å²) in [6.07, 6.45) is 1.23. The molecular formula is C20H26F3N3OS. The fourth-order valence-electron chi connectivity index (χ4n) is 3.86. The Balaban J connectivity index is 1.83. The molecule has 1 atom stereocenters. The van der Waals surface area contributed by atoms with Crippen LogP contribution in [-0.2, 0) is 11.0 Å². The summed E-state index contributed by atoms with van der Waals surface area (Å²) in [5, 5.41) is 0.942. The van der Waals surface area contributed by atoms with Gasteiger partial charge in [0.05, 0.1) is 11.6 Å². The summed E-state index contributed by atoms with van der Waals surface area (Å²) >= 11 is 1.63. The van der Waals surface area contributed by atoms with E-state index in [1.54, 1.807) is 16.7 Å². The number of hydrogen-bond acceptors (Lipinski definition) is 3. The van der Waals surface area contributed by atoms with Crippen LogP contribution in [0.2, 0.25) is 0 Å². The van der Waals surface area contributed by atoms with Crippen molar-refractivity contribution in [2.75, 3.05) is 17.2 Å². The molecule has 8 heteroatoms. The van der Waals surface area contributed by atoms with Gasteiger partial charge in [0, 0.05) is 24.9 Å². The second-order valence-corrected chi connectivity index (χ2v) is 8.20. The lowest BCUT2D eigenvalue weighted by Gasteiger charge is -2.35. The van der Waals surface area contributed by atoms with E-state index in [4.69, 9.17) is 4.99 Å². The molecule has 1 saturated heterocycles. The lowest BCUT2D eigenvalue weighted by atomic mass is 9.96. The van der Waals surface area contributed by atoms with Crippen molar-refractivity contribution in [1.29, 1.82) is 0 Å². The molecule has 1 aliphatic heterocycles. The minimum absolute atomic E-state index is 0.192. The topological polar surface area (TPSA) is 35.9 Å². The number of nitrogens with zero attached hydrogens (tertiary/aromatic N) is 3. The minimum Gasteiger partial charge on any atom is -0.330 e. The fourth-order valence-corrected chi connectivity index (χ4v) is 5.13. The molecule has 0 N–H and O–H groups in total. The number of anilines is 1. The highest BCUT2D eigenvalue weighted by Crippen LogP contribution is 2.34. The molecule has 0 bridgehead atoms. The van der Waals surface area contributed by atoms with E-state index >= 15 is 0 Å². The first-order valence-corrected chi connectivity index (χ1v) is 10.7. The predicted octanol–water partition coefficient (Wildman–Crippen LogP) is 5.14. The Bertz CT molecular complexity index is 714. The first kappa shape index (κ1) is 21.0. The van der Waals surface area contributed by atoms with Crippen molar-refractivity contribution in [3.05, 3.63) is 29.8 Å². The van der Waals surface area contributed by atoms with Gasteiger partial charge in [-0.2, -0.15) is 13.2 Å². The number of hydrogen-bond donors (Lipinski definition) is 0. The third kappa shape index (κ3) is 4.64. The van der Waals surface area contributed by atoms with Gasteiger partial charge in [-0.15, -0.1) is 0 Å². The summed E-state index contributed by atoms with van der Waals surface area (Å²) in [7, 11) is 0. The molecule has 1 amide bonds. The van der Waals surface area contributed by atoms with Gasteiger partial charge in [0.2, 0.25) is 5.91 Å². The highest BCUT2D eigenvalue weighted by molar-refractivity contribution is 8.14. The van der Waals surface area contributed by atoms with E-state index in [0.29, 0.717) is 24.0 Å². The van der Waals surface area contributed by atoms with E-state index in [-0.39, 0.29) is 12.1 Å². The van der Waals surface area contributed by atoms with Crippen LogP contribution in [0.15, 0.2) is 29.3 Å². The maximum absolute atomic E-state index is 12.9. The lowest BCUT2D eigenvalue weighted by Crippen LogP contribution is -2.50. The zero-order chi connectivity index (χ0) is 20.3. The Kier molecular flexibility index (Phi) is 6.58. The largest absolute Gasteiger partial charge is 0.416 e. The normalized spacial score (nSPS) is 22.7. The quantitative estimate of drug-likeness (QED) is 0.686. The van der Waals surface area contributed by atoms with Crippen molar-refractivity contribution < 1.29 is 18.0 Å². The molecule has 0 aromatic heterocycles. The summed E-state index contributed by atoms with van der Waals surface area (Å²) < 4.78 is 38.6. The van der Waals surface area contributed by atoms with Crippen LogP contribution in [0.25, 0.3) is 0 Å². The highest BCUT2D eigenvalue weighted by Gasteiger charge is 2.37. The molecule has 3 rings (SSSR count). The van der Waals surface area contributed by atoms with Gasteiger partial charge in [-0.3, -0.25) is 14.7 Å². The molecule has 1 heterocycles. The third-order valence-electron chi connectivity index (χ3n) is 5.29. The first-order chi connectivity index (χ1) is 13.3. The molecule has 154 valence electrons. The molecular weight excluding hydrogens is 387 g/mol. The number of alkyl halides is 3. The zero-order valence-electron chi connectivity index (χ0n) is 16.2. The fraction of sp³-hybridized carbons (Fsp3) is 0.600. The number of rotatable bonds is 4. The van der Waals surface area contributed by atoms with Gasteiger partial charge < -0.3 is 4.90 Å². The first-order valence-electron chi connectivity index (χ1n) is 9.75. The average Bonchev–Trinajstić information content (AvgIpc) is 3.04. The second kappa shape index (κ2) is 8.76. The molecule has 1 aromatic rings. The smallest absolute Gasteiger partial charge is 0.330 e. The lowest BCUT2D eigenvalue weighted by molar-refractivity contribution is -0.137. The molecule has 0 radical (unpaired) electrons. The Hall–Kier alpha value is -1.70.